The minimum Gasteiger partial charge on any atom is -0.397 e. The van der Waals surface area contributed by atoms with Crippen molar-refractivity contribution in [2.24, 2.45) is 0 Å². The van der Waals surface area contributed by atoms with Crippen molar-refractivity contribution in [1.82, 2.24) is 4.90 Å². The molecule has 1 fully saturated rings. The number of benzene rings is 2. The molecule has 0 aromatic heterocycles. The van der Waals surface area contributed by atoms with Crippen molar-refractivity contribution in [1.29, 1.82) is 0 Å². The average Bonchev–Trinajstić information content (AvgIpc) is 2.58. The number of hydrogen-bond donors (Lipinski definition) is 1. The molecule has 22 heavy (non-hydrogen) atoms. The van der Waals surface area contributed by atoms with E-state index in [2.05, 4.69) is 4.90 Å². The van der Waals surface area contributed by atoms with E-state index >= 15 is 0 Å². The Morgan fingerprint density at radius 3 is 2.32 bits per heavy atom. The van der Waals surface area contributed by atoms with Gasteiger partial charge >= 0.3 is 0 Å². The van der Waals surface area contributed by atoms with Crippen molar-refractivity contribution in [2.45, 2.75) is 0 Å². The number of amides is 1. The van der Waals surface area contributed by atoms with Gasteiger partial charge in [-0.05, 0) is 30.3 Å². The summed E-state index contributed by atoms with van der Waals surface area (Å²) < 4.78 is 0. The molecule has 1 amide bonds. The molecule has 1 saturated heterocycles. The Bertz CT molecular complexity index is 667. The summed E-state index contributed by atoms with van der Waals surface area (Å²) in [6, 6.07) is 15.1. The zero-order chi connectivity index (χ0) is 15.5. The lowest BCUT2D eigenvalue weighted by Crippen LogP contribution is -2.48. The van der Waals surface area contributed by atoms with E-state index in [4.69, 9.17) is 17.3 Å². The van der Waals surface area contributed by atoms with E-state index in [0.717, 1.165) is 24.3 Å². The number of nitrogens with two attached hydrogens (primary N) is 1. The molecule has 3 rings (SSSR count). The Labute approximate surface area is 135 Å². The van der Waals surface area contributed by atoms with Gasteiger partial charge in [0.25, 0.3) is 5.91 Å². The summed E-state index contributed by atoms with van der Waals surface area (Å²) in [6.45, 7) is 2.99. The van der Waals surface area contributed by atoms with Crippen LogP contribution in [-0.4, -0.2) is 37.0 Å². The van der Waals surface area contributed by atoms with Gasteiger partial charge in [-0.25, -0.2) is 0 Å². The molecule has 2 aromatic carbocycles. The van der Waals surface area contributed by atoms with Crippen LogP contribution in [0.25, 0.3) is 0 Å². The zero-order valence-corrected chi connectivity index (χ0v) is 13.0. The number of nitrogens with zero attached hydrogens (tertiary/aromatic N) is 2. The van der Waals surface area contributed by atoms with Gasteiger partial charge in [0.2, 0.25) is 0 Å². The van der Waals surface area contributed by atoms with Gasteiger partial charge in [0, 0.05) is 37.4 Å². The average molecular weight is 316 g/mol. The van der Waals surface area contributed by atoms with Crippen LogP contribution in [0, 0.1) is 0 Å². The SMILES string of the molecule is Nc1cc(N2CCN(C(=O)c3ccccc3)CC2)ccc1Cl. The third-order valence-corrected chi connectivity index (χ3v) is 4.28. The molecule has 114 valence electrons. The fourth-order valence-corrected chi connectivity index (χ4v) is 2.78. The zero-order valence-electron chi connectivity index (χ0n) is 12.2. The molecule has 4 nitrogen and oxygen atoms in total. The molecule has 0 spiro atoms. The van der Waals surface area contributed by atoms with Crippen molar-refractivity contribution in [3.63, 3.8) is 0 Å². The Kier molecular flexibility index (Phi) is 4.20. The number of carbonyl (C=O) groups excluding carboxylic acids is 1. The fraction of sp³-hybridized carbons (Fsp3) is 0.235. The molecule has 0 unspecified atom stereocenters. The normalized spacial score (nSPS) is 15.0. The highest BCUT2D eigenvalue weighted by molar-refractivity contribution is 6.33. The first-order chi connectivity index (χ1) is 10.6. The number of rotatable bonds is 2. The predicted molar refractivity (Wildman–Crippen MR) is 90.4 cm³/mol. The van der Waals surface area contributed by atoms with Gasteiger partial charge in [0.05, 0.1) is 10.7 Å². The molecular formula is C17H18ClN3O. The van der Waals surface area contributed by atoms with Crippen molar-refractivity contribution >= 4 is 28.9 Å². The van der Waals surface area contributed by atoms with Gasteiger partial charge < -0.3 is 15.5 Å². The number of carbonyl (C=O) groups is 1. The van der Waals surface area contributed by atoms with Crippen molar-refractivity contribution in [2.75, 3.05) is 36.8 Å². The molecule has 0 atom stereocenters. The molecule has 1 heterocycles. The fourth-order valence-electron chi connectivity index (χ4n) is 2.66. The molecule has 0 saturated carbocycles. The molecule has 0 bridgehead atoms. The summed E-state index contributed by atoms with van der Waals surface area (Å²) in [5, 5.41) is 0.571. The second kappa shape index (κ2) is 6.28. The maximum absolute atomic E-state index is 12.4. The van der Waals surface area contributed by atoms with Crippen molar-refractivity contribution in [3.8, 4) is 0 Å². The molecule has 1 aliphatic rings. The van der Waals surface area contributed by atoms with E-state index < -0.39 is 0 Å². The summed E-state index contributed by atoms with van der Waals surface area (Å²) in [7, 11) is 0. The highest BCUT2D eigenvalue weighted by Crippen LogP contribution is 2.25. The minimum atomic E-state index is 0.0934. The number of piperazine rings is 1. The highest BCUT2D eigenvalue weighted by Gasteiger charge is 2.22. The monoisotopic (exact) mass is 315 g/mol. The Hall–Kier alpha value is -2.20. The largest absolute Gasteiger partial charge is 0.397 e. The van der Waals surface area contributed by atoms with E-state index in [-0.39, 0.29) is 5.91 Å². The van der Waals surface area contributed by atoms with Gasteiger partial charge in [-0.3, -0.25) is 4.79 Å². The summed E-state index contributed by atoms with van der Waals surface area (Å²) in [5.74, 6) is 0.0934. The van der Waals surface area contributed by atoms with Crippen LogP contribution < -0.4 is 10.6 Å². The Morgan fingerprint density at radius 2 is 1.68 bits per heavy atom. The lowest BCUT2D eigenvalue weighted by atomic mass is 10.1. The number of nitrogen functional groups attached to an aromatic ring is 1. The molecule has 1 aliphatic heterocycles. The van der Waals surface area contributed by atoms with Crippen LogP contribution in [0.3, 0.4) is 0 Å². The van der Waals surface area contributed by atoms with E-state index in [0.29, 0.717) is 23.8 Å². The molecule has 5 heteroatoms. The number of halogens is 1. The van der Waals surface area contributed by atoms with Gasteiger partial charge in [-0.15, -0.1) is 0 Å². The maximum Gasteiger partial charge on any atom is 0.253 e. The standard InChI is InChI=1S/C17H18ClN3O/c18-15-7-6-14(12-16(15)19)20-8-10-21(11-9-20)17(22)13-4-2-1-3-5-13/h1-7,12H,8-11,19H2. The quantitative estimate of drug-likeness (QED) is 0.867. The Morgan fingerprint density at radius 1 is 1.00 bits per heavy atom. The van der Waals surface area contributed by atoms with Gasteiger partial charge in [-0.2, -0.15) is 0 Å². The van der Waals surface area contributed by atoms with Crippen LogP contribution in [0.2, 0.25) is 5.02 Å². The maximum atomic E-state index is 12.4. The molecular weight excluding hydrogens is 298 g/mol. The smallest absolute Gasteiger partial charge is 0.253 e. The van der Waals surface area contributed by atoms with Crippen molar-refractivity contribution in [3.05, 3.63) is 59.1 Å². The molecule has 0 radical (unpaired) electrons. The van der Waals surface area contributed by atoms with Crippen LogP contribution in [0.4, 0.5) is 11.4 Å². The molecule has 0 aliphatic carbocycles. The lowest BCUT2D eigenvalue weighted by Gasteiger charge is -2.36. The topological polar surface area (TPSA) is 49.6 Å². The predicted octanol–water partition coefficient (Wildman–Crippen LogP) is 2.88. The van der Waals surface area contributed by atoms with Crippen LogP contribution in [-0.2, 0) is 0 Å². The number of hydrogen-bond acceptors (Lipinski definition) is 3. The summed E-state index contributed by atoms with van der Waals surface area (Å²) >= 11 is 5.96. The van der Waals surface area contributed by atoms with E-state index in [1.165, 1.54) is 0 Å². The van der Waals surface area contributed by atoms with E-state index in [1.807, 2.05) is 53.4 Å². The van der Waals surface area contributed by atoms with Gasteiger partial charge in [0.15, 0.2) is 0 Å². The van der Waals surface area contributed by atoms with Crippen LogP contribution >= 0.6 is 11.6 Å². The van der Waals surface area contributed by atoms with Crippen molar-refractivity contribution < 1.29 is 4.79 Å². The minimum absolute atomic E-state index is 0.0934. The van der Waals surface area contributed by atoms with E-state index in [1.54, 1.807) is 0 Å². The summed E-state index contributed by atoms with van der Waals surface area (Å²) in [5.41, 5.74) is 8.23. The van der Waals surface area contributed by atoms with Crippen LogP contribution in [0.5, 0.6) is 0 Å². The Balaban J connectivity index is 1.65. The third kappa shape index (κ3) is 3.02. The lowest BCUT2D eigenvalue weighted by molar-refractivity contribution is 0.0747. The summed E-state index contributed by atoms with van der Waals surface area (Å²) in [6.07, 6.45) is 0. The molecule has 2 N–H and O–H groups in total. The second-order valence-corrected chi connectivity index (χ2v) is 5.76. The number of anilines is 2. The summed E-state index contributed by atoms with van der Waals surface area (Å²) in [4.78, 5) is 16.5. The van der Waals surface area contributed by atoms with Gasteiger partial charge in [0.1, 0.15) is 0 Å². The van der Waals surface area contributed by atoms with Gasteiger partial charge in [-0.1, -0.05) is 29.8 Å². The third-order valence-electron chi connectivity index (χ3n) is 3.93. The first-order valence-corrected chi connectivity index (χ1v) is 7.67. The second-order valence-electron chi connectivity index (χ2n) is 5.35. The van der Waals surface area contributed by atoms with E-state index in [9.17, 15) is 4.79 Å². The van der Waals surface area contributed by atoms with Crippen LogP contribution in [0.15, 0.2) is 48.5 Å². The highest BCUT2D eigenvalue weighted by atomic mass is 35.5. The first kappa shape index (κ1) is 14.7. The van der Waals surface area contributed by atoms with Crippen LogP contribution in [0.1, 0.15) is 10.4 Å². The molecule has 2 aromatic rings. The first-order valence-electron chi connectivity index (χ1n) is 7.29.